The van der Waals surface area contributed by atoms with Gasteiger partial charge in [0.25, 0.3) is 0 Å². The molecule has 0 fully saturated rings. The van der Waals surface area contributed by atoms with E-state index in [0.29, 0.717) is 12.4 Å². The normalized spacial score (nSPS) is 13.9. The average Bonchev–Trinajstić information content (AvgIpc) is 2.68. The topological polar surface area (TPSA) is 47.3 Å². The van der Waals surface area contributed by atoms with Gasteiger partial charge in [-0.1, -0.05) is 30.3 Å². The molecule has 2 aromatic carbocycles. The van der Waals surface area contributed by atoms with Crippen molar-refractivity contribution in [3.05, 3.63) is 59.7 Å². The number of amidine groups is 1. The quantitative estimate of drug-likeness (QED) is 0.782. The number of benzene rings is 2. The summed E-state index contributed by atoms with van der Waals surface area (Å²) in [4.78, 5) is 1.89. The van der Waals surface area contributed by atoms with Crippen LogP contribution in [0.3, 0.4) is 0 Å². The molecule has 0 unspecified atom stereocenters. The summed E-state index contributed by atoms with van der Waals surface area (Å²) in [6, 6.07) is 14.9. The van der Waals surface area contributed by atoms with Crippen molar-refractivity contribution in [1.82, 2.24) is 0 Å². The van der Waals surface area contributed by atoms with Gasteiger partial charge in [0, 0.05) is 17.3 Å². The Kier molecular flexibility index (Phi) is 2.11. The zero-order valence-electron chi connectivity index (χ0n) is 9.22. The Morgan fingerprint density at radius 2 is 1.88 bits per heavy atom. The van der Waals surface area contributed by atoms with E-state index >= 15 is 0 Å². The molecule has 2 N–H and O–H groups in total. The molecule has 84 valence electrons. The number of phenols is 1. The van der Waals surface area contributed by atoms with Gasteiger partial charge in [-0.15, -0.1) is 0 Å². The summed E-state index contributed by atoms with van der Waals surface area (Å²) in [5.74, 6) is 0.720. The standard InChI is InChI=1S/C14H12N2O/c15-14-13-7-2-1-4-10(13)9-16(14)11-5-3-6-12(17)8-11/h1-8,15,17H,9H2. The van der Waals surface area contributed by atoms with E-state index in [-0.39, 0.29) is 5.75 Å². The fourth-order valence-electron chi connectivity index (χ4n) is 2.17. The van der Waals surface area contributed by atoms with E-state index in [1.807, 2.05) is 35.2 Å². The third kappa shape index (κ3) is 1.56. The third-order valence-electron chi connectivity index (χ3n) is 3.01. The molecule has 0 saturated carbocycles. The molecule has 0 spiro atoms. The van der Waals surface area contributed by atoms with Gasteiger partial charge in [-0.3, -0.25) is 5.41 Å². The highest BCUT2D eigenvalue weighted by atomic mass is 16.3. The molecule has 0 saturated heterocycles. The number of nitrogens with one attached hydrogen (secondary N) is 1. The number of hydrogen-bond donors (Lipinski definition) is 2. The molecule has 0 aromatic heterocycles. The summed E-state index contributed by atoms with van der Waals surface area (Å²) < 4.78 is 0. The maximum Gasteiger partial charge on any atom is 0.133 e. The predicted octanol–water partition coefficient (Wildman–Crippen LogP) is 2.74. The summed E-state index contributed by atoms with van der Waals surface area (Å²) in [5.41, 5.74) is 2.97. The van der Waals surface area contributed by atoms with E-state index in [1.54, 1.807) is 18.2 Å². The van der Waals surface area contributed by atoms with Crippen molar-refractivity contribution in [2.24, 2.45) is 0 Å². The van der Waals surface area contributed by atoms with Crippen molar-refractivity contribution in [3.8, 4) is 5.75 Å². The smallest absolute Gasteiger partial charge is 0.133 e. The lowest BCUT2D eigenvalue weighted by Gasteiger charge is -2.17. The van der Waals surface area contributed by atoms with Gasteiger partial charge in [0.05, 0.1) is 6.54 Å². The molecule has 0 bridgehead atoms. The Morgan fingerprint density at radius 3 is 2.65 bits per heavy atom. The summed E-state index contributed by atoms with van der Waals surface area (Å²) >= 11 is 0. The first-order valence-corrected chi connectivity index (χ1v) is 5.49. The molecule has 0 aliphatic carbocycles. The zero-order valence-corrected chi connectivity index (χ0v) is 9.22. The van der Waals surface area contributed by atoms with Crippen LogP contribution < -0.4 is 4.90 Å². The van der Waals surface area contributed by atoms with Crippen LogP contribution in [0.25, 0.3) is 0 Å². The summed E-state index contributed by atoms with van der Waals surface area (Å²) in [6.45, 7) is 0.693. The molecular formula is C14H12N2O. The molecule has 0 amide bonds. The molecule has 17 heavy (non-hydrogen) atoms. The summed E-state index contributed by atoms with van der Waals surface area (Å²) in [5, 5.41) is 17.6. The second-order valence-electron chi connectivity index (χ2n) is 4.11. The first-order chi connectivity index (χ1) is 8.25. The number of fused-ring (bicyclic) bond motifs is 1. The number of nitrogens with zero attached hydrogens (tertiary/aromatic N) is 1. The first-order valence-electron chi connectivity index (χ1n) is 5.49. The number of phenolic OH excluding ortho intramolecular Hbond substituents is 1. The average molecular weight is 224 g/mol. The van der Waals surface area contributed by atoms with Gasteiger partial charge in [0.2, 0.25) is 0 Å². The molecule has 2 aromatic rings. The highest BCUT2D eigenvalue weighted by molar-refractivity contribution is 6.11. The molecule has 0 radical (unpaired) electrons. The van der Waals surface area contributed by atoms with Crippen LogP contribution in [0.5, 0.6) is 5.75 Å². The SMILES string of the molecule is N=C1c2ccccc2CN1c1cccc(O)c1. The Labute approximate surface area is 99.5 Å². The van der Waals surface area contributed by atoms with Gasteiger partial charge in [0.15, 0.2) is 0 Å². The van der Waals surface area contributed by atoms with E-state index in [9.17, 15) is 5.11 Å². The lowest BCUT2D eigenvalue weighted by Crippen LogP contribution is -2.22. The molecule has 0 atom stereocenters. The molecule has 3 heteroatoms. The molecule has 1 heterocycles. The maximum absolute atomic E-state index is 9.48. The van der Waals surface area contributed by atoms with Crippen LogP contribution in [0.2, 0.25) is 0 Å². The van der Waals surface area contributed by atoms with Crippen LogP contribution in [0.1, 0.15) is 11.1 Å². The van der Waals surface area contributed by atoms with Crippen molar-refractivity contribution in [2.45, 2.75) is 6.54 Å². The Bertz CT molecular complexity index is 592. The summed E-state index contributed by atoms with van der Waals surface area (Å²) in [7, 11) is 0. The van der Waals surface area contributed by atoms with E-state index in [1.165, 1.54) is 0 Å². The van der Waals surface area contributed by atoms with Gasteiger partial charge < -0.3 is 10.0 Å². The largest absolute Gasteiger partial charge is 0.508 e. The van der Waals surface area contributed by atoms with E-state index in [0.717, 1.165) is 16.8 Å². The Hall–Kier alpha value is -2.29. The van der Waals surface area contributed by atoms with Crippen LogP contribution in [0.15, 0.2) is 48.5 Å². The molecule has 1 aliphatic rings. The Balaban J connectivity index is 2.02. The van der Waals surface area contributed by atoms with Crippen molar-refractivity contribution in [2.75, 3.05) is 4.90 Å². The Morgan fingerprint density at radius 1 is 1.06 bits per heavy atom. The number of hydrogen-bond acceptors (Lipinski definition) is 2. The molecule has 1 aliphatic heterocycles. The number of aromatic hydroxyl groups is 1. The highest BCUT2D eigenvalue weighted by Crippen LogP contribution is 2.29. The minimum absolute atomic E-state index is 0.228. The fraction of sp³-hybridized carbons (Fsp3) is 0.0714. The number of rotatable bonds is 1. The zero-order chi connectivity index (χ0) is 11.8. The number of anilines is 1. The van der Waals surface area contributed by atoms with E-state index < -0.39 is 0 Å². The van der Waals surface area contributed by atoms with Crippen LogP contribution in [-0.2, 0) is 6.54 Å². The highest BCUT2D eigenvalue weighted by Gasteiger charge is 2.24. The fourth-order valence-corrected chi connectivity index (χ4v) is 2.17. The van der Waals surface area contributed by atoms with Crippen LogP contribution in [0.4, 0.5) is 5.69 Å². The van der Waals surface area contributed by atoms with E-state index in [4.69, 9.17) is 5.41 Å². The van der Waals surface area contributed by atoms with Gasteiger partial charge in [-0.25, -0.2) is 0 Å². The lowest BCUT2D eigenvalue weighted by molar-refractivity contribution is 0.475. The second kappa shape index (κ2) is 3.63. The van der Waals surface area contributed by atoms with Crippen LogP contribution >= 0.6 is 0 Å². The minimum atomic E-state index is 0.228. The van der Waals surface area contributed by atoms with Gasteiger partial charge in [-0.05, 0) is 17.7 Å². The van der Waals surface area contributed by atoms with Gasteiger partial charge in [0.1, 0.15) is 11.6 Å². The molecule has 3 rings (SSSR count). The van der Waals surface area contributed by atoms with Crippen LogP contribution in [-0.4, -0.2) is 10.9 Å². The van der Waals surface area contributed by atoms with Gasteiger partial charge in [-0.2, -0.15) is 0 Å². The summed E-state index contributed by atoms with van der Waals surface area (Å²) in [6.07, 6.45) is 0. The molecular weight excluding hydrogens is 212 g/mol. The molecule has 3 nitrogen and oxygen atoms in total. The van der Waals surface area contributed by atoms with Crippen molar-refractivity contribution < 1.29 is 5.11 Å². The van der Waals surface area contributed by atoms with E-state index in [2.05, 4.69) is 0 Å². The maximum atomic E-state index is 9.48. The predicted molar refractivity (Wildman–Crippen MR) is 67.6 cm³/mol. The lowest BCUT2D eigenvalue weighted by atomic mass is 10.1. The van der Waals surface area contributed by atoms with Crippen molar-refractivity contribution in [3.63, 3.8) is 0 Å². The van der Waals surface area contributed by atoms with Gasteiger partial charge >= 0.3 is 0 Å². The van der Waals surface area contributed by atoms with Crippen molar-refractivity contribution in [1.29, 1.82) is 5.41 Å². The third-order valence-corrected chi connectivity index (χ3v) is 3.01. The second-order valence-corrected chi connectivity index (χ2v) is 4.11. The monoisotopic (exact) mass is 224 g/mol. The minimum Gasteiger partial charge on any atom is -0.508 e. The first kappa shape index (κ1) is 9.90. The van der Waals surface area contributed by atoms with Crippen LogP contribution in [0, 0.1) is 5.41 Å². The van der Waals surface area contributed by atoms with Crippen molar-refractivity contribution >= 4 is 11.5 Å².